The maximum atomic E-state index is 12.2. The maximum Gasteiger partial charge on any atom is 0.413 e. The van der Waals surface area contributed by atoms with Gasteiger partial charge in [0.1, 0.15) is 23.2 Å². The molecule has 0 radical (unpaired) electrons. The molecule has 0 unspecified atom stereocenters. The Kier molecular flexibility index (Phi) is 4.56. The van der Waals surface area contributed by atoms with Gasteiger partial charge in [0.15, 0.2) is 0 Å². The third-order valence-corrected chi connectivity index (χ3v) is 3.55. The minimum Gasteiger partial charge on any atom is -0.508 e. The van der Waals surface area contributed by atoms with Crippen LogP contribution < -0.4 is 5.32 Å². The number of rotatable bonds is 2. The van der Waals surface area contributed by atoms with Gasteiger partial charge in [-0.15, -0.1) is 0 Å². The van der Waals surface area contributed by atoms with Crippen LogP contribution in [-0.2, 0) is 4.74 Å². The van der Waals surface area contributed by atoms with Gasteiger partial charge in [0.25, 0.3) is 0 Å². The maximum absolute atomic E-state index is 12.2. The zero-order valence-electron chi connectivity index (χ0n) is 14.5. The molecule has 0 spiro atoms. The summed E-state index contributed by atoms with van der Waals surface area (Å²) in [5.41, 5.74) is 2.06. The molecule has 1 heterocycles. The fourth-order valence-electron chi connectivity index (χ4n) is 2.39. The van der Waals surface area contributed by atoms with Gasteiger partial charge in [-0.05, 0) is 64.4 Å². The number of amides is 1. The third-order valence-electron chi connectivity index (χ3n) is 3.55. The second-order valence-electron chi connectivity index (χ2n) is 6.52. The molecule has 6 nitrogen and oxygen atoms in total. The van der Waals surface area contributed by atoms with Crippen molar-refractivity contribution in [3.63, 3.8) is 0 Å². The molecule has 0 bridgehead atoms. The summed E-state index contributed by atoms with van der Waals surface area (Å²) in [6.07, 6.45) is -0.628. The molecule has 2 rings (SSSR count). The smallest absolute Gasteiger partial charge is 0.413 e. The van der Waals surface area contributed by atoms with Crippen LogP contribution in [0.4, 0.5) is 10.6 Å². The first-order chi connectivity index (χ1) is 11.1. The average molecular weight is 327 g/mol. The third kappa shape index (κ3) is 3.51. The summed E-state index contributed by atoms with van der Waals surface area (Å²) in [6.45, 7) is 9.00. The Hall–Kier alpha value is -2.94. The van der Waals surface area contributed by atoms with E-state index in [1.165, 1.54) is 0 Å². The van der Waals surface area contributed by atoms with Crippen molar-refractivity contribution in [1.82, 2.24) is 4.57 Å². The Morgan fingerprint density at radius 2 is 1.83 bits per heavy atom. The molecule has 0 saturated carbocycles. The number of nitrogens with one attached hydrogen (secondary N) is 1. The molecule has 126 valence electrons. The fraction of sp³-hybridized carbons (Fsp3) is 0.333. The molecule has 0 aliphatic heterocycles. The highest BCUT2D eigenvalue weighted by Crippen LogP contribution is 2.30. The summed E-state index contributed by atoms with van der Waals surface area (Å²) in [5.74, 6) is 0.495. The van der Waals surface area contributed by atoms with Crippen LogP contribution in [0, 0.1) is 25.2 Å². The van der Waals surface area contributed by atoms with Crippen molar-refractivity contribution in [1.29, 1.82) is 5.26 Å². The van der Waals surface area contributed by atoms with Crippen LogP contribution >= 0.6 is 0 Å². The highest BCUT2D eigenvalue weighted by atomic mass is 16.6. The van der Waals surface area contributed by atoms with E-state index in [0.717, 1.165) is 16.9 Å². The lowest BCUT2D eigenvalue weighted by Crippen LogP contribution is -2.28. The Balaban J connectivity index is 2.53. The molecule has 1 amide bonds. The molecular formula is C18H21N3O3. The predicted octanol–water partition coefficient (Wildman–Crippen LogP) is 4.02. The van der Waals surface area contributed by atoms with Gasteiger partial charge in [-0.25, -0.2) is 4.79 Å². The summed E-state index contributed by atoms with van der Waals surface area (Å²) in [7, 11) is 0. The predicted molar refractivity (Wildman–Crippen MR) is 91.5 cm³/mol. The Morgan fingerprint density at radius 3 is 2.33 bits per heavy atom. The first kappa shape index (κ1) is 17.4. The zero-order chi connectivity index (χ0) is 18.1. The van der Waals surface area contributed by atoms with Crippen LogP contribution in [-0.4, -0.2) is 21.4 Å². The van der Waals surface area contributed by atoms with E-state index in [1.54, 1.807) is 49.6 Å². The average Bonchev–Trinajstić information content (AvgIpc) is 2.69. The molecule has 24 heavy (non-hydrogen) atoms. The quantitative estimate of drug-likeness (QED) is 0.872. The number of nitrogens with zero attached hydrogens (tertiary/aromatic N) is 2. The molecule has 1 aromatic heterocycles. The van der Waals surface area contributed by atoms with Crippen molar-refractivity contribution in [3.8, 4) is 17.5 Å². The first-order valence-corrected chi connectivity index (χ1v) is 7.55. The molecule has 0 aliphatic rings. The fourth-order valence-corrected chi connectivity index (χ4v) is 2.39. The van der Waals surface area contributed by atoms with E-state index < -0.39 is 11.7 Å². The summed E-state index contributed by atoms with van der Waals surface area (Å²) in [6, 6.07) is 8.65. The summed E-state index contributed by atoms with van der Waals surface area (Å²) >= 11 is 0. The van der Waals surface area contributed by atoms with Gasteiger partial charge in [-0.2, -0.15) is 5.26 Å². The van der Waals surface area contributed by atoms with Gasteiger partial charge < -0.3 is 9.84 Å². The Morgan fingerprint density at radius 1 is 1.25 bits per heavy atom. The van der Waals surface area contributed by atoms with E-state index in [1.807, 2.05) is 13.8 Å². The largest absolute Gasteiger partial charge is 0.508 e. The van der Waals surface area contributed by atoms with Crippen molar-refractivity contribution >= 4 is 11.9 Å². The topological polar surface area (TPSA) is 87.3 Å². The van der Waals surface area contributed by atoms with Gasteiger partial charge >= 0.3 is 6.09 Å². The van der Waals surface area contributed by atoms with Crippen molar-refractivity contribution in [2.24, 2.45) is 0 Å². The molecular weight excluding hydrogens is 306 g/mol. The number of carbonyl (C=O) groups is 1. The van der Waals surface area contributed by atoms with E-state index in [-0.39, 0.29) is 5.75 Å². The first-order valence-electron chi connectivity index (χ1n) is 7.55. The van der Waals surface area contributed by atoms with Crippen molar-refractivity contribution in [2.45, 2.75) is 40.2 Å². The van der Waals surface area contributed by atoms with E-state index in [0.29, 0.717) is 11.4 Å². The number of aromatic hydroxyl groups is 1. The van der Waals surface area contributed by atoms with E-state index >= 15 is 0 Å². The highest BCUT2D eigenvalue weighted by molar-refractivity contribution is 5.87. The molecule has 6 heteroatoms. The number of ether oxygens (including phenoxy) is 1. The number of phenolic OH excluding ortho intramolecular Hbond substituents is 1. The van der Waals surface area contributed by atoms with Crippen LogP contribution in [0.5, 0.6) is 5.75 Å². The van der Waals surface area contributed by atoms with Crippen molar-refractivity contribution < 1.29 is 14.6 Å². The van der Waals surface area contributed by atoms with E-state index in [9.17, 15) is 15.2 Å². The lowest BCUT2D eigenvalue weighted by molar-refractivity contribution is 0.0635. The van der Waals surface area contributed by atoms with Crippen LogP contribution in [0.2, 0.25) is 0 Å². The monoisotopic (exact) mass is 327 g/mol. The van der Waals surface area contributed by atoms with Gasteiger partial charge in [0.05, 0.1) is 5.56 Å². The van der Waals surface area contributed by atoms with Crippen LogP contribution in [0.15, 0.2) is 24.3 Å². The normalized spacial score (nSPS) is 11.0. The number of nitriles is 1. The Bertz CT molecular complexity index is 806. The van der Waals surface area contributed by atoms with Gasteiger partial charge in [0, 0.05) is 11.4 Å². The minimum atomic E-state index is -0.642. The summed E-state index contributed by atoms with van der Waals surface area (Å²) in [5, 5.41) is 21.6. The van der Waals surface area contributed by atoms with E-state index in [4.69, 9.17) is 4.74 Å². The number of carbonyl (C=O) groups excluding carboxylic acids is 1. The van der Waals surface area contributed by atoms with Gasteiger partial charge in [-0.1, -0.05) is 0 Å². The Labute approximate surface area is 141 Å². The number of benzene rings is 1. The van der Waals surface area contributed by atoms with Crippen molar-refractivity contribution in [2.75, 3.05) is 5.32 Å². The van der Waals surface area contributed by atoms with E-state index in [2.05, 4.69) is 11.4 Å². The lowest BCUT2D eigenvalue weighted by atomic mass is 10.2. The zero-order valence-corrected chi connectivity index (χ0v) is 14.5. The number of aromatic nitrogens is 1. The minimum absolute atomic E-state index is 0.141. The molecule has 1 aromatic carbocycles. The lowest BCUT2D eigenvalue weighted by Gasteiger charge is -2.20. The van der Waals surface area contributed by atoms with Crippen molar-refractivity contribution in [3.05, 3.63) is 41.1 Å². The van der Waals surface area contributed by atoms with Crippen LogP contribution in [0.3, 0.4) is 0 Å². The number of anilines is 1. The molecule has 0 atom stereocenters. The second-order valence-corrected chi connectivity index (χ2v) is 6.52. The number of hydrogen-bond acceptors (Lipinski definition) is 4. The highest BCUT2D eigenvalue weighted by Gasteiger charge is 2.23. The molecule has 2 aromatic rings. The number of hydrogen-bond donors (Lipinski definition) is 2. The van der Waals surface area contributed by atoms with Gasteiger partial charge in [0.2, 0.25) is 0 Å². The summed E-state index contributed by atoms with van der Waals surface area (Å²) < 4.78 is 7.05. The number of phenols is 1. The molecule has 0 aliphatic carbocycles. The summed E-state index contributed by atoms with van der Waals surface area (Å²) in [4.78, 5) is 12.2. The molecule has 0 fully saturated rings. The molecule has 2 N–H and O–H groups in total. The van der Waals surface area contributed by atoms with Gasteiger partial charge in [-0.3, -0.25) is 9.88 Å². The standard InChI is InChI=1S/C18H21N3O3/c1-11-12(2)21(13-6-8-14(22)9-7-13)16(15(11)10-19)20-17(23)24-18(3,4)5/h6-9,22H,1-5H3,(H,20,23). The van der Waals surface area contributed by atoms with Crippen LogP contribution in [0.1, 0.15) is 37.6 Å². The SMILES string of the molecule is Cc1c(C#N)c(NC(=O)OC(C)(C)C)n(-c2ccc(O)cc2)c1C. The second kappa shape index (κ2) is 6.28. The van der Waals surface area contributed by atoms with Crippen LogP contribution in [0.25, 0.3) is 5.69 Å². The molecule has 0 saturated heterocycles.